The lowest BCUT2D eigenvalue weighted by molar-refractivity contribution is -0.141. The van der Waals surface area contributed by atoms with Crippen molar-refractivity contribution in [3.63, 3.8) is 0 Å². The van der Waals surface area contributed by atoms with Gasteiger partial charge in [-0.1, -0.05) is 11.8 Å². The van der Waals surface area contributed by atoms with Crippen LogP contribution >= 0.6 is 11.3 Å². The van der Waals surface area contributed by atoms with E-state index in [1.54, 1.807) is 0 Å². The Morgan fingerprint density at radius 1 is 1.37 bits per heavy atom. The second kappa shape index (κ2) is 4.80. The number of amides is 2. The fourth-order valence-electron chi connectivity index (χ4n) is 2.31. The molecule has 1 aliphatic carbocycles. The van der Waals surface area contributed by atoms with Gasteiger partial charge in [-0.15, -0.1) is 11.3 Å². The van der Waals surface area contributed by atoms with E-state index in [1.807, 2.05) is 11.4 Å². The van der Waals surface area contributed by atoms with Crippen LogP contribution in [0.25, 0.3) is 0 Å². The van der Waals surface area contributed by atoms with Gasteiger partial charge in [0.2, 0.25) is 11.8 Å². The number of carbonyl (C=O) groups excluding carboxylic acids is 2. The van der Waals surface area contributed by atoms with Crippen molar-refractivity contribution in [3.05, 3.63) is 21.9 Å². The molecule has 0 aromatic carbocycles. The van der Waals surface area contributed by atoms with E-state index >= 15 is 0 Å². The Balaban J connectivity index is 1.66. The molecule has 1 saturated carbocycles. The largest absolute Gasteiger partial charge is 0.395 e. The highest BCUT2D eigenvalue weighted by Crippen LogP contribution is 2.47. The van der Waals surface area contributed by atoms with E-state index in [2.05, 4.69) is 11.8 Å². The summed E-state index contributed by atoms with van der Waals surface area (Å²) in [5.41, 5.74) is 0.873. The van der Waals surface area contributed by atoms with Crippen molar-refractivity contribution in [2.24, 2.45) is 11.8 Å². The predicted molar refractivity (Wildman–Crippen MR) is 70.1 cm³/mol. The van der Waals surface area contributed by atoms with E-state index in [9.17, 15) is 9.59 Å². The van der Waals surface area contributed by atoms with Crippen LogP contribution in [0.15, 0.2) is 11.4 Å². The molecule has 1 aromatic rings. The van der Waals surface area contributed by atoms with Gasteiger partial charge in [0.25, 0.3) is 0 Å². The number of hydrogen-bond acceptors (Lipinski definition) is 4. The van der Waals surface area contributed by atoms with Crippen molar-refractivity contribution >= 4 is 23.2 Å². The summed E-state index contributed by atoms with van der Waals surface area (Å²) in [6.07, 6.45) is 1.20. The molecule has 2 unspecified atom stereocenters. The van der Waals surface area contributed by atoms with Gasteiger partial charge in [0.15, 0.2) is 0 Å². The minimum absolute atomic E-state index is 0.0173. The molecule has 2 fully saturated rings. The molecule has 1 aromatic heterocycles. The molecule has 1 aliphatic heterocycles. The zero-order valence-electron chi connectivity index (χ0n) is 10.3. The molecular formula is C14H13NO3S. The lowest BCUT2D eigenvalue weighted by Crippen LogP contribution is -2.31. The third-order valence-electron chi connectivity index (χ3n) is 3.39. The van der Waals surface area contributed by atoms with Crippen LogP contribution in [-0.4, -0.2) is 28.4 Å². The Hall–Kier alpha value is -1.64. The Bertz CT molecular complexity index is 575. The average molecular weight is 275 g/mol. The lowest BCUT2D eigenvalue weighted by Gasteiger charge is -2.14. The number of carbonyl (C=O) groups is 2. The summed E-state index contributed by atoms with van der Waals surface area (Å²) in [6.45, 7) is 0.431. The first kappa shape index (κ1) is 12.4. The van der Waals surface area contributed by atoms with Crippen LogP contribution in [0.4, 0.5) is 0 Å². The molecule has 2 atom stereocenters. The van der Waals surface area contributed by atoms with Gasteiger partial charge in [-0.2, -0.15) is 0 Å². The molecule has 0 spiro atoms. The zero-order valence-corrected chi connectivity index (χ0v) is 11.1. The van der Waals surface area contributed by atoms with E-state index < -0.39 is 0 Å². The van der Waals surface area contributed by atoms with Crippen molar-refractivity contribution in [2.45, 2.75) is 19.4 Å². The summed E-state index contributed by atoms with van der Waals surface area (Å²) in [6, 6.07) is 1.90. The molecule has 0 bridgehead atoms. The first-order valence-electron chi connectivity index (χ1n) is 6.23. The summed E-state index contributed by atoms with van der Waals surface area (Å²) in [7, 11) is 0. The third-order valence-corrected chi connectivity index (χ3v) is 4.32. The van der Waals surface area contributed by atoms with Gasteiger partial charge in [-0.05, 0) is 12.5 Å². The number of nitrogens with zero attached hydrogens (tertiary/aromatic N) is 1. The van der Waals surface area contributed by atoms with Crippen LogP contribution in [-0.2, 0) is 16.1 Å². The van der Waals surface area contributed by atoms with Gasteiger partial charge < -0.3 is 5.11 Å². The normalized spacial score (nSPS) is 24.2. The number of fused-ring (bicyclic) bond motifs is 1. The molecule has 0 radical (unpaired) electrons. The molecule has 4 nitrogen and oxygen atoms in total. The van der Waals surface area contributed by atoms with E-state index in [-0.39, 0.29) is 30.3 Å². The summed E-state index contributed by atoms with van der Waals surface area (Å²) in [5, 5.41) is 10.6. The first-order valence-corrected chi connectivity index (χ1v) is 7.11. The van der Waals surface area contributed by atoms with E-state index in [1.165, 1.54) is 16.2 Å². The molecule has 1 saturated heterocycles. The van der Waals surface area contributed by atoms with Crippen molar-refractivity contribution in [1.82, 2.24) is 4.90 Å². The van der Waals surface area contributed by atoms with E-state index in [0.29, 0.717) is 13.0 Å². The summed E-state index contributed by atoms with van der Waals surface area (Å²) in [5.74, 6) is 5.70. The SMILES string of the molecule is O=C1C2CC2C(=O)N1Cc1cc(C#CCCO)cs1. The number of thiophene rings is 1. The highest BCUT2D eigenvalue weighted by molar-refractivity contribution is 7.10. The lowest BCUT2D eigenvalue weighted by atomic mass is 10.3. The molecule has 3 rings (SSSR count). The quantitative estimate of drug-likeness (QED) is 0.661. The van der Waals surface area contributed by atoms with Crippen LogP contribution in [0.1, 0.15) is 23.3 Å². The number of aliphatic hydroxyl groups is 1. The maximum absolute atomic E-state index is 11.8. The van der Waals surface area contributed by atoms with Crippen molar-refractivity contribution < 1.29 is 14.7 Å². The van der Waals surface area contributed by atoms with Crippen LogP contribution in [0, 0.1) is 23.7 Å². The molecule has 19 heavy (non-hydrogen) atoms. The van der Waals surface area contributed by atoms with Gasteiger partial charge >= 0.3 is 0 Å². The summed E-state index contributed by atoms with van der Waals surface area (Å²) >= 11 is 1.50. The second-order valence-electron chi connectivity index (χ2n) is 4.79. The van der Waals surface area contributed by atoms with Crippen LogP contribution in [0.2, 0.25) is 0 Å². The number of aliphatic hydroxyl groups excluding tert-OH is 1. The Morgan fingerprint density at radius 2 is 2.11 bits per heavy atom. The Kier molecular flexibility index (Phi) is 3.13. The standard InChI is InChI=1S/C14H13NO3S/c16-4-2-1-3-9-5-10(19-8-9)7-15-13(17)11-6-12(11)14(15)18/h5,8,11-12,16H,2,4,6-7H2. The number of likely N-dealkylation sites (tertiary alicyclic amines) is 1. The fraction of sp³-hybridized carbons (Fsp3) is 0.429. The predicted octanol–water partition coefficient (Wildman–Crippen LogP) is 0.987. The topological polar surface area (TPSA) is 57.6 Å². The highest BCUT2D eigenvalue weighted by Gasteiger charge is 2.58. The number of rotatable bonds is 3. The third kappa shape index (κ3) is 2.29. The smallest absolute Gasteiger partial charge is 0.233 e. The van der Waals surface area contributed by atoms with E-state index in [0.717, 1.165) is 16.9 Å². The minimum Gasteiger partial charge on any atom is -0.395 e. The number of piperidine rings is 1. The van der Waals surface area contributed by atoms with Gasteiger partial charge in [-0.3, -0.25) is 14.5 Å². The molecule has 2 aliphatic rings. The zero-order chi connectivity index (χ0) is 13.4. The van der Waals surface area contributed by atoms with Gasteiger partial charge in [-0.25, -0.2) is 0 Å². The molecular weight excluding hydrogens is 262 g/mol. The van der Waals surface area contributed by atoms with Crippen LogP contribution in [0.3, 0.4) is 0 Å². The first-order chi connectivity index (χ1) is 9.20. The molecule has 2 amide bonds. The van der Waals surface area contributed by atoms with Crippen molar-refractivity contribution in [2.75, 3.05) is 6.61 Å². The maximum atomic E-state index is 11.8. The molecule has 1 N–H and O–H groups in total. The second-order valence-corrected chi connectivity index (χ2v) is 5.78. The van der Waals surface area contributed by atoms with Gasteiger partial charge in [0.1, 0.15) is 0 Å². The average Bonchev–Trinajstić information content (AvgIpc) is 3.02. The van der Waals surface area contributed by atoms with Gasteiger partial charge in [0, 0.05) is 22.2 Å². The summed E-state index contributed by atoms with van der Waals surface area (Å²) in [4.78, 5) is 26.0. The maximum Gasteiger partial charge on any atom is 0.233 e. The van der Waals surface area contributed by atoms with Crippen molar-refractivity contribution in [3.8, 4) is 11.8 Å². The van der Waals surface area contributed by atoms with Crippen molar-refractivity contribution in [1.29, 1.82) is 0 Å². The summed E-state index contributed by atoms with van der Waals surface area (Å²) < 4.78 is 0. The van der Waals surface area contributed by atoms with Gasteiger partial charge in [0.05, 0.1) is 25.0 Å². The molecule has 5 heteroatoms. The fourth-order valence-corrected chi connectivity index (χ4v) is 3.11. The highest BCUT2D eigenvalue weighted by atomic mass is 32.1. The molecule has 98 valence electrons. The number of imide groups is 1. The number of hydrogen-bond donors (Lipinski definition) is 1. The minimum atomic E-state index is -0.0312. The van der Waals surface area contributed by atoms with Crippen LogP contribution < -0.4 is 0 Å². The van der Waals surface area contributed by atoms with E-state index in [4.69, 9.17) is 5.11 Å². The Labute approximate surface area is 115 Å². The van der Waals surface area contributed by atoms with Crippen LogP contribution in [0.5, 0.6) is 0 Å². The molecule has 2 heterocycles. The monoisotopic (exact) mass is 275 g/mol. The Morgan fingerprint density at radius 3 is 2.79 bits per heavy atom.